The zero-order chi connectivity index (χ0) is 24.9. The number of aromatic nitrogens is 3. The zero-order valence-corrected chi connectivity index (χ0v) is 22.3. The normalized spacial score (nSPS) is 15.0. The highest BCUT2D eigenvalue weighted by atomic mass is 32.2. The van der Waals surface area contributed by atoms with Crippen molar-refractivity contribution < 1.29 is 13.9 Å². The molecular formula is C28H27N3O3S2. The summed E-state index contributed by atoms with van der Waals surface area (Å²) in [4.78, 5) is 15.4. The van der Waals surface area contributed by atoms with Crippen molar-refractivity contribution in [3.63, 3.8) is 0 Å². The summed E-state index contributed by atoms with van der Waals surface area (Å²) in [7, 11) is 0. The van der Waals surface area contributed by atoms with Gasteiger partial charge >= 0.3 is 0 Å². The van der Waals surface area contributed by atoms with Crippen LogP contribution in [0.5, 0.6) is 5.75 Å². The lowest BCUT2D eigenvalue weighted by Crippen LogP contribution is -2.32. The number of hydrogen-bond donors (Lipinski definition) is 0. The summed E-state index contributed by atoms with van der Waals surface area (Å²) in [5.41, 5.74) is 5.14. The summed E-state index contributed by atoms with van der Waals surface area (Å²) in [6, 6.07) is 12.1. The van der Waals surface area contributed by atoms with E-state index < -0.39 is 0 Å². The van der Waals surface area contributed by atoms with Crippen LogP contribution in [0.1, 0.15) is 44.4 Å². The van der Waals surface area contributed by atoms with E-state index in [1.165, 1.54) is 11.1 Å². The van der Waals surface area contributed by atoms with Gasteiger partial charge in [0.2, 0.25) is 0 Å². The summed E-state index contributed by atoms with van der Waals surface area (Å²) >= 11 is 3.38. The molecule has 6 rings (SSSR count). The molecule has 0 aliphatic carbocycles. The highest BCUT2D eigenvalue weighted by Gasteiger charge is 2.32. The van der Waals surface area contributed by atoms with E-state index in [4.69, 9.17) is 23.9 Å². The van der Waals surface area contributed by atoms with E-state index in [-0.39, 0.29) is 11.7 Å². The van der Waals surface area contributed by atoms with Gasteiger partial charge in [-0.15, -0.1) is 23.1 Å². The minimum atomic E-state index is -0.258. The van der Waals surface area contributed by atoms with Gasteiger partial charge in [0.05, 0.1) is 34.8 Å². The molecule has 8 heteroatoms. The van der Waals surface area contributed by atoms with Crippen molar-refractivity contribution in [1.82, 2.24) is 15.0 Å². The van der Waals surface area contributed by atoms with Gasteiger partial charge < -0.3 is 13.9 Å². The maximum atomic E-state index is 6.18. The first-order valence-corrected chi connectivity index (χ1v) is 13.8. The number of pyridine rings is 1. The average Bonchev–Trinajstić information content (AvgIpc) is 3.50. The summed E-state index contributed by atoms with van der Waals surface area (Å²) in [5.74, 6) is 2.47. The molecule has 4 aromatic heterocycles. The van der Waals surface area contributed by atoms with E-state index in [1.54, 1.807) is 35.7 Å². The molecule has 0 bridgehead atoms. The van der Waals surface area contributed by atoms with Gasteiger partial charge in [0, 0.05) is 23.1 Å². The van der Waals surface area contributed by atoms with Crippen molar-refractivity contribution >= 4 is 43.5 Å². The molecule has 184 valence electrons. The fourth-order valence-electron chi connectivity index (χ4n) is 4.59. The van der Waals surface area contributed by atoms with Crippen LogP contribution in [0.25, 0.3) is 31.9 Å². The maximum Gasteiger partial charge on any atom is 0.152 e. The molecular weight excluding hydrogens is 490 g/mol. The Morgan fingerprint density at radius 2 is 1.94 bits per heavy atom. The first kappa shape index (κ1) is 23.5. The molecule has 0 fully saturated rings. The Morgan fingerprint density at radius 3 is 2.69 bits per heavy atom. The molecule has 0 radical (unpaired) electrons. The molecule has 5 aromatic rings. The Labute approximate surface area is 218 Å². The van der Waals surface area contributed by atoms with E-state index in [9.17, 15) is 0 Å². The lowest BCUT2D eigenvalue weighted by atomic mass is 9.89. The first-order chi connectivity index (χ1) is 17.4. The van der Waals surface area contributed by atoms with Crippen LogP contribution in [-0.2, 0) is 23.5 Å². The third-order valence-corrected chi connectivity index (χ3v) is 8.49. The number of fused-ring (bicyclic) bond motifs is 5. The zero-order valence-electron chi connectivity index (χ0n) is 20.7. The Hall–Kier alpha value is -2.94. The van der Waals surface area contributed by atoms with Crippen LogP contribution >= 0.6 is 23.1 Å². The van der Waals surface area contributed by atoms with E-state index in [1.807, 2.05) is 38.1 Å². The van der Waals surface area contributed by atoms with Gasteiger partial charge in [-0.1, -0.05) is 12.1 Å². The molecule has 1 aliphatic rings. The Bertz CT molecular complexity index is 1540. The van der Waals surface area contributed by atoms with E-state index in [2.05, 4.69) is 31.0 Å². The molecule has 0 N–H and O–H groups in total. The summed E-state index contributed by atoms with van der Waals surface area (Å²) in [6.45, 7) is 8.84. The molecule has 0 saturated carbocycles. The molecule has 0 amide bonds. The van der Waals surface area contributed by atoms with Crippen LogP contribution in [0, 0.1) is 0 Å². The SMILES string of the molecule is CC(C)Oc1ccc(CSc2ncnc3c2sc2nc(-c4ccco4)c4c(c23)CC(C)(C)OC4)cc1. The molecule has 1 aliphatic heterocycles. The van der Waals surface area contributed by atoms with Crippen molar-refractivity contribution in [2.75, 3.05) is 0 Å². The lowest BCUT2D eigenvalue weighted by molar-refractivity contribution is -0.0395. The molecule has 0 spiro atoms. The van der Waals surface area contributed by atoms with Crippen molar-refractivity contribution in [3.05, 3.63) is 65.7 Å². The van der Waals surface area contributed by atoms with Crippen molar-refractivity contribution in [1.29, 1.82) is 0 Å². The number of benzene rings is 1. The van der Waals surface area contributed by atoms with Gasteiger partial charge in [-0.2, -0.15) is 0 Å². The molecule has 5 heterocycles. The minimum absolute atomic E-state index is 0.164. The quantitative estimate of drug-likeness (QED) is 0.171. The Kier molecular flexibility index (Phi) is 5.98. The predicted molar refractivity (Wildman–Crippen MR) is 145 cm³/mol. The standard InChI is InChI=1S/C28H27N3O3S2/c1-16(2)34-18-9-7-17(8-10-18)14-35-27-25-24(29-15-30-27)22-19-12-28(3,4)33-13-20(19)23(31-26(22)36-25)21-6-5-11-32-21/h5-11,15-16H,12-14H2,1-4H3. The van der Waals surface area contributed by atoms with Crippen molar-refractivity contribution in [3.8, 4) is 17.2 Å². The van der Waals surface area contributed by atoms with Gasteiger partial charge in [-0.3, -0.25) is 0 Å². The fourth-order valence-corrected chi connectivity index (χ4v) is 6.78. The number of thiophene rings is 1. The molecule has 36 heavy (non-hydrogen) atoms. The number of nitrogens with zero attached hydrogens (tertiary/aromatic N) is 3. The van der Waals surface area contributed by atoms with E-state index >= 15 is 0 Å². The van der Waals surface area contributed by atoms with Crippen LogP contribution in [0.2, 0.25) is 0 Å². The number of furan rings is 1. The second-order valence-corrected chi connectivity index (χ2v) is 11.8. The number of ether oxygens (including phenoxy) is 2. The van der Waals surface area contributed by atoms with Gasteiger partial charge in [0.15, 0.2) is 5.76 Å². The topological polar surface area (TPSA) is 70.3 Å². The second kappa shape index (κ2) is 9.18. The molecule has 6 nitrogen and oxygen atoms in total. The molecule has 0 unspecified atom stereocenters. The fraction of sp³-hybridized carbons (Fsp3) is 0.321. The number of thioether (sulfide) groups is 1. The highest BCUT2D eigenvalue weighted by molar-refractivity contribution is 7.98. The third kappa shape index (κ3) is 4.38. The van der Waals surface area contributed by atoms with Crippen LogP contribution in [0.15, 0.2) is 58.4 Å². The van der Waals surface area contributed by atoms with Crippen molar-refractivity contribution in [2.45, 2.75) is 63.2 Å². The van der Waals surface area contributed by atoms with E-state index in [0.29, 0.717) is 6.61 Å². The smallest absolute Gasteiger partial charge is 0.152 e. The van der Waals surface area contributed by atoms with Crippen LogP contribution in [-0.4, -0.2) is 26.7 Å². The average molecular weight is 518 g/mol. The molecule has 0 atom stereocenters. The van der Waals surface area contributed by atoms with Gasteiger partial charge in [-0.25, -0.2) is 15.0 Å². The van der Waals surface area contributed by atoms with Crippen LogP contribution < -0.4 is 4.74 Å². The predicted octanol–water partition coefficient (Wildman–Crippen LogP) is 7.43. The maximum absolute atomic E-state index is 6.18. The Morgan fingerprint density at radius 1 is 1.11 bits per heavy atom. The minimum Gasteiger partial charge on any atom is -0.491 e. The summed E-state index contributed by atoms with van der Waals surface area (Å²) in [5, 5.41) is 2.10. The summed E-state index contributed by atoms with van der Waals surface area (Å²) in [6.07, 6.45) is 4.32. The largest absolute Gasteiger partial charge is 0.491 e. The lowest BCUT2D eigenvalue weighted by Gasteiger charge is -2.32. The van der Waals surface area contributed by atoms with Crippen LogP contribution in [0.3, 0.4) is 0 Å². The van der Waals surface area contributed by atoms with Gasteiger partial charge in [-0.05, 0) is 63.1 Å². The van der Waals surface area contributed by atoms with E-state index in [0.717, 1.165) is 60.4 Å². The first-order valence-electron chi connectivity index (χ1n) is 12.0. The number of hydrogen-bond acceptors (Lipinski definition) is 8. The molecule has 0 saturated heterocycles. The Balaban J connectivity index is 1.41. The van der Waals surface area contributed by atoms with Gasteiger partial charge in [0.1, 0.15) is 27.6 Å². The van der Waals surface area contributed by atoms with Crippen LogP contribution in [0.4, 0.5) is 0 Å². The number of rotatable bonds is 6. The van der Waals surface area contributed by atoms with Gasteiger partial charge in [0.25, 0.3) is 0 Å². The monoisotopic (exact) mass is 517 g/mol. The summed E-state index contributed by atoms with van der Waals surface area (Å²) < 4.78 is 18.8. The second-order valence-electron chi connectivity index (χ2n) is 9.86. The highest BCUT2D eigenvalue weighted by Crippen LogP contribution is 2.44. The third-order valence-electron chi connectivity index (χ3n) is 6.22. The molecule has 1 aromatic carbocycles. The van der Waals surface area contributed by atoms with Crippen molar-refractivity contribution in [2.24, 2.45) is 0 Å².